The number of nitrogens with one attached hydrogen (secondary N) is 2. The third-order valence-corrected chi connectivity index (χ3v) is 3.09. The quantitative estimate of drug-likeness (QED) is 0.677. The summed E-state index contributed by atoms with van der Waals surface area (Å²) < 4.78 is 13.4. The summed E-state index contributed by atoms with van der Waals surface area (Å²) in [5, 5.41) is 5.98. The summed E-state index contributed by atoms with van der Waals surface area (Å²) in [6.07, 6.45) is 6.69. The highest BCUT2D eigenvalue weighted by atomic mass is 32.2. The van der Waals surface area contributed by atoms with Gasteiger partial charge in [0.2, 0.25) is 5.95 Å². The zero-order valence-electron chi connectivity index (χ0n) is 11.0. The van der Waals surface area contributed by atoms with Crippen LogP contribution in [0.15, 0.2) is 6.20 Å². The number of halogens is 1. The molecule has 0 saturated heterocycles. The predicted molar refractivity (Wildman–Crippen MR) is 76.9 cm³/mol. The van der Waals surface area contributed by atoms with E-state index < -0.39 is 5.82 Å². The molecule has 0 aromatic carbocycles. The molecule has 0 aliphatic carbocycles. The van der Waals surface area contributed by atoms with E-state index in [9.17, 15) is 4.39 Å². The normalized spacial score (nSPS) is 10.4. The second-order valence-electron chi connectivity index (χ2n) is 3.90. The fraction of sp³-hybridized carbons (Fsp3) is 0.667. The van der Waals surface area contributed by atoms with Gasteiger partial charge in [0.15, 0.2) is 11.6 Å². The molecule has 0 unspecified atom stereocenters. The minimum absolute atomic E-state index is 0.283. The molecule has 6 heteroatoms. The minimum Gasteiger partial charge on any atom is -0.367 e. The number of rotatable bonds is 9. The molecule has 1 aromatic heterocycles. The largest absolute Gasteiger partial charge is 0.367 e. The van der Waals surface area contributed by atoms with Gasteiger partial charge < -0.3 is 10.6 Å². The molecule has 102 valence electrons. The smallest absolute Gasteiger partial charge is 0.224 e. The molecule has 18 heavy (non-hydrogen) atoms. The molecule has 1 rings (SSSR count). The highest BCUT2D eigenvalue weighted by molar-refractivity contribution is 7.98. The number of hydrogen-bond acceptors (Lipinski definition) is 5. The Kier molecular flexibility index (Phi) is 7.48. The first-order valence-electron chi connectivity index (χ1n) is 6.27. The lowest BCUT2D eigenvalue weighted by atomic mass is 10.2. The lowest BCUT2D eigenvalue weighted by Crippen LogP contribution is -2.09. The van der Waals surface area contributed by atoms with Crippen LogP contribution >= 0.6 is 11.8 Å². The molecule has 1 heterocycles. The molecule has 1 aromatic rings. The van der Waals surface area contributed by atoms with Gasteiger partial charge in [-0.2, -0.15) is 16.7 Å². The van der Waals surface area contributed by atoms with Crippen LogP contribution in [-0.2, 0) is 0 Å². The summed E-state index contributed by atoms with van der Waals surface area (Å²) in [6, 6.07) is 0. The molecule has 0 atom stereocenters. The van der Waals surface area contributed by atoms with Crippen LogP contribution in [0.5, 0.6) is 0 Å². The van der Waals surface area contributed by atoms with Crippen molar-refractivity contribution in [2.45, 2.75) is 26.2 Å². The molecule has 0 fully saturated rings. The molecule has 0 saturated carbocycles. The highest BCUT2D eigenvalue weighted by Crippen LogP contribution is 2.12. The van der Waals surface area contributed by atoms with Gasteiger partial charge in [-0.3, -0.25) is 0 Å². The first-order valence-corrected chi connectivity index (χ1v) is 7.66. The Morgan fingerprint density at radius 3 is 2.83 bits per heavy atom. The van der Waals surface area contributed by atoms with Gasteiger partial charge in [-0.05, 0) is 31.8 Å². The number of hydrogen-bond donors (Lipinski definition) is 2. The van der Waals surface area contributed by atoms with Crippen molar-refractivity contribution in [1.82, 2.24) is 9.97 Å². The number of anilines is 2. The van der Waals surface area contributed by atoms with E-state index in [1.54, 1.807) is 0 Å². The van der Waals surface area contributed by atoms with Crippen molar-refractivity contribution in [3.05, 3.63) is 12.0 Å². The molecule has 0 aliphatic rings. The lowest BCUT2D eigenvalue weighted by molar-refractivity contribution is 0.615. The number of unbranched alkanes of at least 4 members (excludes halogenated alkanes) is 2. The van der Waals surface area contributed by atoms with Crippen LogP contribution in [0, 0.1) is 5.82 Å². The Morgan fingerprint density at radius 1 is 1.28 bits per heavy atom. The topological polar surface area (TPSA) is 49.8 Å². The van der Waals surface area contributed by atoms with E-state index in [1.165, 1.54) is 18.4 Å². The number of nitrogens with zero attached hydrogens (tertiary/aromatic N) is 2. The summed E-state index contributed by atoms with van der Waals surface area (Å²) in [6.45, 7) is 3.42. The Morgan fingerprint density at radius 2 is 2.11 bits per heavy atom. The summed E-state index contributed by atoms with van der Waals surface area (Å²) in [5.74, 6) is 1.53. The summed E-state index contributed by atoms with van der Waals surface area (Å²) in [7, 11) is 0. The Bertz CT molecular complexity index is 349. The van der Waals surface area contributed by atoms with Crippen LogP contribution in [0.4, 0.5) is 16.2 Å². The standard InChI is InChI=1S/C12H21FN4S/c1-3-14-12-16-9-10(13)11(17-12)15-7-5-4-6-8-18-2/h9H,3-8H2,1-2H3,(H2,14,15,16,17). The molecule has 0 aliphatic heterocycles. The van der Waals surface area contributed by atoms with Crippen LogP contribution in [0.2, 0.25) is 0 Å². The molecular formula is C12H21FN4S. The number of thioether (sulfide) groups is 1. The van der Waals surface area contributed by atoms with E-state index >= 15 is 0 Å². The van der Waals surface area contributed by atoms with Gasteiger partial charge in [0.05, 0.1) is 6.20 Å². The van der Waals surface area contributed by atoms with E-state index in [4.69, 9.17) is 0 Å². The van der Waals surface area contributed by atoms with Crippen LogP contribution in [-0.4, -0.2) is 35.1 Å². The van der Waals surface area contributed by atoms with Crippen LogP contribution in [0.25, 0.3) is 0 Å². The molecule has 2 N–H and O–H groups in total. The Hall–Kier alpha value is -1.04. The van der Waals surface area contributed by atoms with Gasteiger partial charge in [-0.1, -0.05) is 6.42 Å². The zero-order valence-corrected chi connectivity index (χ0v) is 11.8. The van der Waals surface area contributed by atoms with Crippen molar-refractivity contribution in [3.63, 3.8) is 0 Å². The Balaban J connectivity index is 2.34. The van der Waals surface area contributed by atoms with E-state index in [0.717, 1.165) is 25.9 Å². The van der Waals surface area contributed by atoms with Gasteiger partial charge in [-0.25, -0.2) is 9.37 Å². The van der Waals surface area contributed by atoms with Crippen LogP contribution in [0.3, 0.4) is 0 Å². The molecule has 0 bridgehead atoms. The Labute approximate surface area is 112 Å². The van der Waals surface area contributed by atoms with E-state index in [2.05, 4.69) is 26.9 Å². The summed E-state index contributed by atoms with van der Waals surface area (Å²) in [4.78, 5) is 7.94. The fourth-order valence-electron chi connectivity index (χ4n) is 1.49. The maximum absolute atomic E-state index is 13.4. The number of aromatic nitrogens is 2. The van der Waals surface area contributed by atoms with Crippen molar-refractivity contribution >= 4 is 23.5 Å². The average molecular weight is 272 g/mol. The van der Waals surface area contributed by atoms with Gasteiger partial charge in [-0.15, -0.1) is 0 Å². The first kappa shape index (κ1) is 15.0. The van der Waals surface area contributed by atoms with Crippen molar-refractivity contribution in [2.75, 3.05) is 35.7 Å². The summed E-state index contributed by atoms with van der Waals surface area (Å²) in [5.41, 5.74) is 0. The average Bonchev–Trinajstić information content (AvgIpc) is 2.37. The second-order valence-corrected chi connectivity index (χ2v) is 4.89. The van der Waals surface area contributed by atoms with Crippen molar-refractivity contribution in [1.29, 1.82) is 0 Å². The third-order valence-electron chi connectivity index (χ3n) is 2.40. The van der Waals surface area contributed by atoms with Crippen molar-refractivity contribution in [3.8, 4) is 0 Å². The molecule has 0 spiro atoms. The minimum atomic E-state index is -0.402. The SMILES string of the molecule is CCNc1ncc(F)c(NCCCCCSC)n1. The van der Waals surface area contributed by atoms with Gasteiger partial charge in [0.1, 0.15) is 0 Å². The summed E-state index contributed by atoms with van der Waals surface area (Å²) >= 11 is 1.86. The fourth-order valence-corrected chi connectivity index (χ4v) is 1.98. The maximum atomic E-state index is 13.4. The van der Waals surface area contributed by atoms with Crippen LogP contribution < -0.4 is 10.6 Å². The van der Waals surface area contributed by atoms with Gasteiger partial charge in [0, 0.05) is 13.1 Å². The molecular weight excluding hydrogens is 251 g/mol. The maximum Gasteiger partial charge on any atom is 0.224 e. The molecule has 4 nitrogen and oxygen atoms in total. The first-order chi connectivity index (χ1) is 8.77. The van der Waals surface area contributed by atoms with E-state index in [-0.39, 0.29) is 5.82 Å². The van der Waals surface area contributed by atoms with Gasteiger partial charge >= 0.3 is 0 Å². The monoisotopic (exact) mass is 272 g/mol. The van der Waals surface area contributed by atoms with E-state index in [0.29, 0.717) is 5.95 Å². The molecule has 0 amide bonds. The predicted octanol–water partition coefficient (Wildman–Crippen LogP) is 2.99. The third kappa shape index (κ3) is 5.53. The van der Waals surface area contributed by atoms with Gasteiger partial charge in [0.25, 0.3) is 0 Å². The zero-order chi connectivity index (χ0) is 13.2. The molecule has 0 radical (unpaired) electrons. The van der Waals surface area contributed by atoms with Crippen LogP contribution in [0.1, 0.15) is 26.2 Å². The second kappa shape index (κ2) is 8.97. The van der Waals surface area contributed by atoms with Crippen molar-refractivity contribution < 1.29 is 4.39 Å². The highest BCUT2D eigenvalue weighted by Gasteiger charge is 2.05. The lowest BCUT2D eigenvalue weighted by Gasteiger charge is -2.08. The van der Waals surface area contributed by atoms with E-state index in [1.807, 2.05) is 18.7 Å². The van der Waals surface area contributed by atoms with Crippen molar-refractivity contribution in [2.24, 2.45) is 0 Å².